The van der Waals surface area contributed by atoms with E-state index in [1.165, 1.54) is 0 Å². The second kappa shape index (κ2) is 8.01. The summed E-state index contributed by atoms with van der Waals surface area (Å²) in [6.45, 7) is 5.50. The third-order valence-electron chi connectivity index (χ3n) is 5.76. The topological polar surface area (TPSA) is 95.6 Å². The lowest BCUT2D eigenvalue weighted by atomic mass is 9.95. The van der Waals surface area contributed by atoms with Crippen LogP contribution in [0.1, 0.15) is 19.4 Å². The van der Waals surface area contributed by atoms with Crippen LogP contribution in [0.5, 0.6) is 11.5 Å². The number of pyridine rings is 1. The Morgan fingerprint density at radius 1 is 1.13 bits per heavy atom. The van der Waals surface area contributed by atoms with Gasteiger partial charge in [0.25, 0.3) is 0 Å². The van der Waals surface area contributed by atoms with Crippen molar-refractivity contribution in [3.63, 3.8) is 0 Å². The lowest BCUT2D eigenvalue weighted by molar-refractivity contribution is -0.0170. The summed E-state index contributed by atoms with van der Waals surface area (Å²) in [6.07, 6.45) is 2.42. The Morgan fingerprint density at radius 3 is 2.45 bits per heavy atom. The van der Waals surface area contributed by atoms with Crippen LogP contribution in [0.2, 0.25) is 5.02 Å². The molecule has 1 fully saturated rings. The standard InChI is InChI=1S/C22H26ClN5O3/c1-6-13-15(29-3)8-16(30-4)18(23)17(13)14-7-12-9-25-21(24)27-19(12)20(26-14)28-10-22(2,11-28)31-5/h7-9H,6,10-11H2,1-5H3,(H2,24,25,27). The lowest BCUT2D eigenvalue weighted by Crippen LogP contribution is -2.61. The number of hydrogen-bond donors (Lipinski definition) is 1. The second-order valence-corrected chi connectivity index (χ2v) is 8.19. The molecule has 0 saturated carbocycles. The van der Waals surface area contributed by atoms with Gasteiger partial charge in [0.2, 0.25) is 5.95 Å². The number of hydrogen-bond acceptors (Lipinski definition) is 8. The van der Waals surface area contributed by atoms with Crippen molar-refractivity contribution in [2.75, 3.05) is 45.1 Å². The highest BCUT2D eigenvalue weighted by molar-refractivity contribution is 6.35. The summed E-state index contributed by atoms with van der Waals surface area (Å²) in [5.74, 6) is 2.15. The first-order valence-electron chi connectivity index (χ1n) is 10.0. The molecule has 2 aromatic heterocycles. The Balaban J connectivity index is 1.97. The van der Waals surface area contributed by atoms with Crippen molar-refractivity contribution in [1.29, 1.82) is 0 Å². The van der Waals surface area contributed by atoms with Gasteiger partial charge in [-0.25, -0.2) is 15.0 Å². The first-order valence-corrected chi connectivity index (χ1v) is 10.4. The summed E-state index contributed by atoms with van der Waals surface area (Å²) in [4.78, 5) is 15.7. The first kappa shape index (κ1) is 21.4. The molecule has 3 aromatic rings. The third-order valence-corrected chi connectivity index (χ3v) is 6.13. The van der Waals surface area contributed by atoms with E-state index < -0.39 is 0 Å². The van der Waals surface area contributed by atoms with Crippen molar-refractivity contribution >= 4 is 34.3 Å². The van der Waals surface area contributed by atoms with Crippen molar-refractivity contribution in [1.82, 2.24) is 15.0 Å². The van der Waals surface area contributed by atoms with E-state index in [9.17, 15) is 0 Å². The third kappa shape index (κ3) is 3.59. The predicted molar refractivity (Wildman–Crippen MR) is 122 cm³/mol. The van der Waals surface area contributed by atoms with Gasteiger partial charge < -0.3 is 24.8 Å². The van der Waals surface area contributed by atoms with Gasteiger partial charge in [0, 0.05) is 35.9 Å². The Hall–Kier alpha value is -2.84. The van der Waals surface area contributed by atoms with Gasteiger partial charge in [-0.05, 0) is 19.4 Å². The maximum absolute atomic E-state index is 6.77. The van der Waals surface area contributed by atoms with Crippen LogP contribution in [0, 0.1) is 0 Å². The van der Waals surface area contributed by atoms with Crippen LogP contribution in [-0.2, 0) is 11.2 Å². The maximum atomic E-state index is 6.77. The number of nitrogen functional groups attached to an aromatic ring is 1. The number of anilines is 2. The molecule has 0 bridgehead atoms. The molecule has 164 valence electrons. The lowest BCUT2D eigenvalue weighted by Gasteiger charge is -2.47. The van der Waals surface area contributed by atoms with E-state index in [4.69, 9.17) is 36.5 Å². The summed E-state index contributed by atoms with van der Waals surface area (Å²) in [6, 6.07) is 3.72. The molecule has 0 amide bonds. The van der Waals surface area contributed by atoms with E-state index in [2.05, 4.69) is 28.7 Å². The zero-order valence-electron chi connectivity index (χ0n) is 18.3. The summed E-state index contributed by atoms with van der Waals surface area (Å²) in [5, 5.41) is 1.31. The molecule has 3 heterocycles. The molecule has 1 aromatic carbocycles. The summed E-state index contributed by atoms with van der Waals surface area (Å²) < 4.78 is 16.7. The van der Waals surface area contributed by atoms with Crippen LogP contribution in [0.4, 0.5) is 11.8 Å². The smallest absolute Gasteiger partial charge is 0.220 e. The van der Waals surface area contributed by atoms with Crippen molar-refractivity contribution in [2.24, 2.45) is 0 Å². The largest absolute Gasteiger partial charge is 0.496 e. The van der Waals surface area contributed by atoms with Gasteiger partial charge in [0.15, 0.2) is 5.82 Å². The van der Waals surface area contributed by atoms with Gasteiger partial charge in [0.1, 0.15) is 17.0 Å². The molecule has 31 heavy (non-hydrogen) atoms. The molecule has 0 spiro atoms. The van der Waals surface area contributed by atoms with E-state index in [0.717, 1.165) is 22.3 Å². The number of fused-ring (bicyclic) bond motifs is 1. The second-order valence-electron chi connectivity index (χ2n) is 7.81. The molecule has 4 rings (SSSR count). The van der Waals surface area contributed by atoms with E-state index in [-0.39, 0.29) is 11.5 Å². The van der Waals surface area contributed by atoms with Crippen LogP contribution in [-0.4, -0.2) is 55.0 Å². The number of aromatic nitrogens is 3. The fourth-order valence-electron chi connectivity index (χ4n) is 4.02. The minimum Gasteiger partial charge on any atom is -0.496 e. The average Bonchev–Trinajstić information content (AvgIpc) is 2.75. The highest BCUT2D eigenvalue weighted by Crippen LogP contribution is 2.44. The Morgan fingerprint density at radius 2 is 1.84 bits per heavy atom. The number of benzene rings is 1. The van der Waals surface area contributed by atoms with Gasteiger partial charge in [-0.1, -0.05) is 18.5 Å². The number of halogens is 1. The minimum absolute atomic E-state index is 0.202. The molecule has 8 nitrogen and oxygen atoms in total. The first-order chi connectivity index (χ1) is 14.8. The zero-order chi connectivity index (χ0) is 22.3. The number of methoxy groups -OCH3 is 3. The van der Waals surface area contributed by atoms with Crippen molar-refractivity contribution in [3.8, 4) is 22.8 Å². The zero-order valence-corrected chi connectivity index (χ0v) is 19.1. The summed E-state index contributed by atoms with van der Waals surface area (Å²) in [5.41, 5.74) is 8.76. The number of nitrogens with zero attached hydrogens (tertiary/aromatic N) is 4. The van der Waals surface area contributed by atoms with Gasteiger partial charge in [-0.15, -0.1) is 0 Å². The van der Waals surface area contributed by atoms with E-state index in [1.807, 2.05) is 6.07 Å². The van der Waals surface area contributed by atoms with E-state index >= 15 is 0 Å². The van der Waals surface area contributed by atoms with Crippen LogP contribution >= 0.6 is 11.6 Å². The van der Waals surface area contributed by atoms with Crippen LogP contribution in [0.25, 0.3) is 22.2 Å². The predicted octanol–water partition coefficient (Wildman–Crippen LogP) is 3.73. The highest BCUT2D eigenvalue weighted by atomic mass is 35.5. The quantitative estimate of drug-likeness (QED) is 0.615. The van der Waals surface area contributed by atoms with E-state index in [1.54, 1.807) is 33.6 Å². The molecule has 0 atom stereocenters. The molecule has 1 aliphatic rings. The van der Waals surface area contributed by atoms with E-state index in [0.29, 0.717) is 47.2 Å². The maximum Gasteiger partial charge on any atom is 0.220 e. The Kier molecular flexibility index (Phi) is 5.53. The number of rotatable bonds is 6. The van der Waals surface area contributed by atoms with Gasteiger partial charge in [0.05, 0.1) is 43.6 Å². The molecular weight excluding hydrogens is 418 g/mol. The van der Waals surface area contributed by atoms with Gasteiger partial charge in [-0.3, -0.25) is 0 Å². The monoisotopic (exact) mass is 443 g/mol. The fraction of sp³-hybridized carbons (Fsp3) is 0.409. The van der Waals surface area contributed by atoms with Gasteiger partial charge in [-0.2, -0.15) is 0 Å². The molecule has 0 unspecified atom stereocenters. The summed E-state index contributed by atoms with van der Waals surface area (Å²) >= 11 is 6.77. The molecule has 0 radical (unpaired) electrons. The minimum atomic E-state index is -0.228. The van der Waals surface area contributed by atoms with Crippen LogP contribution in [0.15, 0.2) is 18.3 Å². The van der Waals surface area contributed by atoms with Gasteiger partial charge >= 0.3 is 0 Å². The SMILES string of the molecule is CCc1c(OC)cc(OC)c(Cl)c1-c1cc2cnc(N)nc2c(N2CC(C)(OC)C2)n1. The molecular formula is C22H26ClN5O3. The molecule has 1 aliphatic heterocycles. The van der Waals surface area contributed by atoms with Crippen LogP contribution in [0.3, 0.4) is 0 Å². The van der Waals surface area contributed by atoms with Crippen LogP contribution < -0.4 is 20.1 Å². The normalized spacial score (nSPS) is 15.1. The van der Waals surface area contributed by atoms with Crippen molar-refractivity contribution in [2.45, 2.75) is 25.9 Å². The highest BCUT2D eigenvalue weighted by Gasteiger charge is 2.40. The summed E-state index contributed by atoms with van der Waals surface area (Å²) in [7, 11) is 4.93. The molecule has 2 N–H and O–H groups in total. The van der Waals surface area contributed by atoms with Crippen molar-refractivity contribution < 1.29 is 14.2 Å². The Bertz CT molecular complexity index is 1150. The number of nitrogens with two attached hydrogens (primary N) is 1. The average molecular weight is 444 g/mol. The molecule has 9 heteroatoms. The molecule has 0 aliphatic carbocycles. The van der Waals surface area contributed by atoms with Crippen molar-refractivity contribution in [3.05, 3.63) is 28.9 Å². The Labute approximate surface area is 186 Å². The molecule has 1 saturated heterocycles. The number of ether oxygens (including phenoxy) is 3. The fourth-order valence-corrected chi connectivity index (χ4v) is 4.36.